The summed E-state index contributed by atoms with van der Waals surface area (Å²) in [5.74, 6) is -5.08. The first-order chi connectivity index (χ1) is 14.2. The average molecular weight is 422 g/mol. The first-order valence-electron chi connectivity index (χ1n) is 8.81. The van der Waals surface area contributed by atoms with Crippen molar-refractivity contribution in [1.29, 1.82) is 0 Å². The minimum Gasteiger partial charge on any atom is -0.481 e. The van der Waals surface area contributed by atoms with Gasteiger partial charge in [-0.15, -0.1) is 0 Å². The second kappa shape index (κ2) is 8.35. The van der Waals surface area contributed by atoms with Gasteiger partial charge in [0.15, 0.2) is 5.78 Å². The van der Waals surface area contributed by atoms with Crippen LogP contribution in [0, 0.1) is 10.1 Å². The molecule has 0 bridgehead atoms. The number of nitro groups is 1. The van der Waals surface area contributed by atoms with E-state index >= 15 is 0 Å². The van der Waals surface area contributed by atoms with Crippen LogP contribution in [-0.2, 0) is 4.79 Å². The predicted octanol–water partition coefficient (Wildman–Crippen LogP) is 3.07. The number of ether oxygens (including phenoxy) is 1. The van der Waals surface area contributed by atoms with Crippen molar-refractivity contribution < 1.29 is 33.1 Å². The molecule has 10 nitrogen and oxygen atoms in total. The number of rotatable bonds is 7. The third kappa shape index (κ3) is 4.82. The summed E-state index contributed by atoms with van der Waals surface area (Å²) in [7, 11) is 0. The molecule has 12 heteroatoms. The Morgan fingerprint density at radius 3 is 2.40 bits per heavy atom. The number of carbonyl (C=O) groups excluding carboxylic acids is 1. The Balaban J connectivity index is 1.83. The quantitative estimate of drug-likeness (QED) is 0.309. The number of Topliss-reactive ketones (excluding diaryl/α,β-unsaturated/α-hetero) is 1. The maximum Gasteiger partial charge on any atom is 0.373 e. The summed E-state index contributed by atoms with van der Waals surface area (Å²) in [5.41, 5.74) is -0.425. The van der Waals surface area contributed by atoms with E-state index in [1.165, 1.54) is 29.2 Å². The van der Waals surface area contributed by atoms with Gasteiger partial charge in [-0.05, 0) is 24.3 Å². The van der Waals surface area contributed by atoms with Gasteiger partial charge in [-0.1, -0.05) is 0 Å². The molecule has 1 aliphatic heterocycles. The number of aliphatic carboxylic acids is 1. The number of halogens is 2. The molecule has 0 unspecified atom stereocenters. The molecule has 1 aliphatic rings. The highest BCUT2D eigenvalue weighted by molar-refractivity contribution is 6.05. The molecule has 0 aliphatic carbocycles. The highest BCUT2D eigenvalue weighted by atomic mass is 19.3. The zero-order valence-electron chi connectivity index (χ0n) is 15.5. The van der Waals surface area contributed by atoms with E-state index in [-0.39, 0.29) is 36.1 Å². The molecule has 0 saturated carbocycles. The minimum absolute atomic E-state index is 0.106. The number of carbonyl (C=O) groups is 2. The van der Waals surface area contributed by atoms with Crippen molar-refractivity contribution in [2.24, 2.45) is 0 Å². The number of hydrogen-bond acceptors (Lipinski definition) is 8. The van der Waals surface area contributed by atoms with Gasteiger partial charge in [0.25, 0.3) is 5.92 Å². The predicted molar refractivity (Wildman–Crippen MR) is 98.2 cm³/mol. The Bertz CT molecular complexity index is 973. The molecule has 0 amide bonds. The molecular weight excluding hydrogens is 406 g/mol. The van der Waals surface area contributed by atoms with Crippen molar-refractivity contribution in [1.82, 2.24) is 9.97 Å². The van der Waals surface area contributed by atoms with Crippen molar-refractivity contribution in [2.75, 3.05) is 18.0 Å². The molecule has 2 heterocycles. The molecule has 30 heavy (non-hydrogen) atoms. The SMILES string of the molecule is O=C(O)CC(=O)c1ccc(Oc2ncnc(N3CCC(F)(F)CC3)c2[N+](=O)[O-])cc1. The number of ketones is 1. The normalized spacial score (nSPS) is 15.5. The van der Waals surface area contributed by atoms with Crippen LogP contribution < -0.4 is 9.64 Å². The summed E-state index contributed by atoms with van der Waals surface area (Å²) in [6, 6.07) is 5.31. The Labute approximate surface area is 168 Å². The number of hydrogen-bond donors (Lipinski definition) is 1. The van der Waals surface area contributed by atoms with Crippen molar-refractivity contribution in [3.05, 3.63) is 46.3 Å². The van der Waals surface area contributed by atoms with Crippen LogP contribution >= 0.6 is 0 Å². The molecule has 0 radical (unpaired) electrons. The molecule has 1 aromatic carbocycles. The molecule has 158 valence electrons. The van der Waals surface area contributed by atoms with Crippen molar-refractivity contribution in [3.63, 3.8) is 0 Å². The van der Waals surface area contributed by atoms with Gasteiger partial charge in [-0.25, -0.2) is 13.8 Å². The number of piperidine rings is 1. The van der Waals surface area contributed by atoms with E-state index in [1.807, 2.05) is 0 Å². The summed E-state index contributed by atoms with van der Waals surface area (Å²) >= 11 is 0. The van der Waals surface area contributed by atoms with Crippen LogP contribution in [0.2, 0.25) is 0 Å². The Morgan fingerprint density at radius 1 is 1.20 bits per heavy atom. The first kappa shape index (κ1) is 21.0. The van der Waals surface area contributed by atoms with Crippen LogP contribution in [0.5, 0.6) is 11.6 Å². The summed E-state index contributed by atoms with van der Waals surface area (Å²) in [6.07, 6.45) is -0.530. The van der Waals surface area contributed by atoms with E-state index in [2.05, 4.69) is 9.97 Å². The molecular formula is C18H16F2N4O6. The Morgan fingerprint density at radius 2 is 1.83 bits per heavy atom. The van der Waals surface area contributed by atoms with Crippen molar-refractivity contribution in [2.45, 2.75) is 25.2 Å². The molecule has 1 N–H and O–H groups in total. The van der Waals surface area contributed by atoms with Gasteiger partial charge in [-0.2, -0.15) is 4.98 Å². The molecule has 0 atom stereocenters. The fourth-order valence-electron chi connectivity index (χ4n) is 2.93. The van der Waals surface area contributed by atoms with E-state index in [9.17, 15) is 28.5 Å². The fourth-order valence-corrected chi connectivity index (χ4v) is 2.93. The van der Waals surface area contributed by atoms with Crippen LogP contribution in [0.3, 0.4) is 0 Å². The number of nitrogens with zero attached hydrogens (tertiary/aromatic N) is 4. The molecule has 2 aromatic rings. The number of aromatic nitrogens is 2. The van der Waals surface area contributed by atoms with Gasteiger partial charge in [0.2, 0.25) is 5.82 Å². The van der Waals surface area contributed by atoms with Gasteiger partial charge < -0.3 is 14.7 Å². The van der Waals surface area contributed by atoms with E-state index in [1.54, 1.807) is 0 Å². The van der Waals surface area contributed by atoms with E-state index in [0.29, 0.717) is 0 Å². The monoisotopic (exact) mass is 422 g/mol. The molecule has 1 aromatic heterocycles. The zero-order chi connectivity index (χ0) is 21.9. The number of carboxylic acids is 1. The van der Waals surface area contributed by atoms with E-state index in [0.717, 1.165) is 6.33 Å². The maximum atomic E-state index is 13.4. The lowest BCUT2D eigenvalue weighted by Crippen LogP contribution is -2.40. The standard InChI is InChI=1S/C18H16F2N4O6/c19-18(20)5-7-23(8-6-18)16-15(24(28)29)17(22-10-21-16)30-12-3-1-11(2-4-12)13(25)9-14(26)27/h1-4,10H,5-9H2,(H,26,27). The van der Waals surface area contributed by atoms with Crippen LogP contribution in [0.15, 0.2) is 30.6 Å². The zero-order valence-corrected chi connectivity index (χ0v) is 15.5. The van der Waals surface area contributed by atoms with Gasteiger partial charge in [0.05, 0.1) is 4.92 Å². The summed E-state index contributed by atoms with van der Waals surface area (Å²) < 4.78 is 32.3. The highest BCUT2D eigenvalue weighted by Crippen LogP contribution is 2.38. The largest absolute Gasteiger partial charge is 0.481 e. The smallest absolute Gasteiger partial charge is 0.373 e. The van der Waals surface area contributed by atoms with Crippen molar-refractivity contribution in [3.8, 4) is 11.6 Å². The minimum atomic E-state index is -2.82. The lowest BCUT2D eigenvalue weighted by atomic mass is 10.1. The first-order valence-corrected chi connectivity index (χ1v) is 8.81. The molecule has 1 saturated heterocycles. The molecule has 1 fully saturated rings. The lowest BCUT2D eigenvalue weighted by molar-refractivity contribution is -0.385. The summed E-state index contributed by atoms with van der Waals surface area (Å²) in [5, 5.41) is 20.3. The molecule has 0 spiro atoms. The van der Waals surface area contributed by atoms with Crippen molar-refractivity contribution >= 4 is 23.3 Å². The van der Waals surface area contributed by atoms with Crippen LogP contribution in [0.4, 0.5) is 20.3 Å². The van der Waals surface area contributed by atoms with Crippen LogP contribution in [-0.4, -0.2) is 50.8 Å². The lowest BCUT2D eigenvalue weighted by Gasteiger charge is -2.32. The van der Waals surface area contributed by atoms with Gasteiger partial charge >= 0.3 is 17.5 Å². The topological polar surface area (TPSA) is 136 Å². The number of alkyl halides is 2. The van der Waals surface area contributed by atoms with Gasteiger partial charge in [0.1, 0.15) is 18.5 Å². The maximum absolute atomic E-state index is 13.4. The van der Waals surface area contributed by atoms with Crippen LogP contribution in [0.25, 0.3) is 0 Å². The second-order valence-corrected chi connectivity index (χ2v) is 6.57. The fraction of sp³-hybridized carbons (Fsp3) is 0.333. The second-order valence-electron chi connectivity index (χ2n) is 6.57. The van der Waals surface area contributed by atoms with Gasteiger partial charge in [-0.3, -0.25) is 19.7 Å². The number of benzene rings is 1. The van der Waals surface area contributed by atoms with Gasteiger partial charge in [0, 0.05) is 31.5 Å². The van der Waals surface area contributed by atoms with E-state index in [4.69, 9.17) is 9.84 Å². The third-order valence-corrected chi connectivity index (χ3v) is 4.45. The number of anilines is 1. The highest BCUT2D eigenvalue weighted by Gasteiger charge is 2.37. The summed E-state index contributed by atoms with van der Waals surface area (Å²) in [6.45, 7) is -0.213. The average Bonchev–Trinajstić information content (AvgIpc) is 2.67. The summed E-state index contributed by atoms with van der Waals surface area (Å²) in [4.78, 5) is 42.3. The van der Waals surface area contributed by atoms with Crippen LogP contribution in [0.1, 0.15) is 29.6 Å². The third-order valence-electron chi connectivity index (χ3n) is 4.45. The number of carboxylic acid groups (broad SMARTS) is 1. The van der Waals surface area contributed by atoms with E-state index < -0.39 is 47.5 Å². The molecule has 3 rings (SSSR count). The Kier molecular flexibility index (Phi) is 5.85. The Hall–Kier alpha value is -3.70.